The van der Waals surface area contributed by atoms with Gasteiger partial charge in [0.25, 0.3) is 0 Å². The average Bonchev–Trinajstić information content (AvgIpc) is 2.42. The monoisotopic (exact) mass is 360 g/mol. The Labute approximate surface area is 134 Å². The number of benzene rings is 1. The molecule has 3 nitrogen and oxygen atoms in total. The van der Waals surface area contributed by atoms with Crippen molar-refractivity contribution in [3.8, 4) is 0 Å². The normalized spacial score (nSPS) is 25.6. The Morgan fingerprint density at radius 3 is 2.90 bits per heavy atom. The van der Waals surface area contributed by atoms with Gasteiger partial charge in [0.2, 0.25) is 0 Å². The molecule has 1 aromatic rings. The third-order valence-electron chi connectivity index (χ3n) is 3.93. The van der Waals surface area contributed by atoms with Gasteiger partial charge in [-0.1, -0.05) is 40.5 Å². The first-order chi connectivity index (χ1) is 9.56. The highest BCUT2D eigenvalue weighted by molar-refractivity contribution is 9.10. The van der Waals surface area contributed by atoms with E-state index in [1.807, 2.05) is 12.1 Å². The fraction of sp³-hybridized carbons (Fsp3) is 0.600. The highest BCUT2D eigenvalue weighted by atomic mass is 79.9. The van der Waals surface area contributed by atoms with E-state index < -0.39 is 0 Å². The fourth-order valence-electron chi connectivity index (χ4n) is 2.82. The lowest BCUT2D eigenvalue weighted by atomic mass is 10.0. The minimum absolute atomic E-state index is 0.193. The van der Waals surface area contributed by atoms with Gasteiger partial charge in [-0.05, 0) is 31.0 Å². The molecule has 0 saturated carbocycles. The van der Waals surface area contributed by atoms with E-state index in [4.69, 9.17) is 22.1 Å². The minimum atomic E-state index is 0.193. The van der Waals surface area contributed by atoms with Gasteiger partial charge in [0.15, 0.2) is 0 Å². The number of halogens is 2. The van der Waals surface area contributed by atoms with Gasteiger partial charge in [0, 0.05) is 34.7 Å². The predicted molar refractivity (Wildman–Crippen MR) is 87.1 cm³/mol. The molecule has 0 aromatic heterocycles. The van der Waals surface area contributed by atoms with Crippen molar-refractivity contribution in [1.29, 1.82) is 0 Å². The van der Waals surface area contributed by atoms with Crippen LogP contribution in [-0.4, -0.2) is 36.7 Å². The number of morpholine rings is 1. The largest absolute Gasteiger partial charge is 0.376 e. The van der Waals surface area contributed by atoms with Crippen LogP contribution in [0.2, 0.25) is 5.02 Å². The first kappa shape index (κ1) is 16.2. The number of rotatable bonds is 4. The summed E-state index contributed by atoms with van der Waals surface area (Å²) in [5.41, 5.74) is 7.27. The summed E-state index contributed by atoms with van der Waals surface area (Å²) >= 11 is 9.65. The fourth-order valence-corrected chi connectivity index (χ4v) is 3.76. The molecule has 3 unspecified atom stereocenters. The summed E-state index contributed by atoms with van der Waals surface area (Å²) in [6, 6.07) is 6.54. The third-order valence-corrected chi connectivity index (χ3v) is 4.85. The van der Waals surface area contributed by atoms with Crippen LogP contribution in [0.25, 0.3) is 0 Å². The number of ether oxygens (including phenoxy) is 1. The van der Waals surface area contributed by atoms with Gasteiger partial charge in [0.05, 0.1) is 12.7 Å². The van der Waals surface area contributed by atoms with Crippen LogP contribution in [0.3, 0.4) is 0 Å². The van der Waals surface area contributed by atoms with E-state index in [1.165, 1.54) is 5.56 Å². The maximum atomic E-state index is 6.07. The van der Waals surface area contributed by atoms with E-state index in [2.05, 4.69) is 40.7 Å². The second-order valence-corrected chi connectivity index (χ2v) is 6.61. The summed E-state index contributed by atoms with van der Waals surface area (Å²) in [5, 5.41) is 0.735. The molecule has 0 aliphatic carbocycles. The van der Waals surface area contributed by atoms with E-state index in [9.17, 15) is 0 Å². The minimum Gasteiger partial charge on any atom is -0.376 e. The van der Waals surface area contributed by atoms with Crippen molar-refractivity contribution in [3.63, 3.8) is 0 Å². The quantitative estimate of drug-likeness (QED) is 0.890. The molecule has 1 aliphatic heterocycles. The van der Waals surface area contributed by atoms with Crippen molar-refractivity contribution >= 4 is 27.5 Å². The summed E-state index contributed by atoms with van der Waals surface area (Å²) in [6.07, 6.45) is 1.31. The van der Waals surface area contributed by atoms with Crippen molar-refractivity contribution in [1.82, 2.24) is 4.90 Å². The second kappa shape index (κ2) is 7.23. The zero-order valence-electron chi connectivity index (χ0n) is 12.0. The highest BCUT2D eigenvalue weighted by Crippen LogP contribution is 2.33. The molecule has 0 bridgehead atoms. The maximum Gasteiger partial charge on any atom is 0.0675 e. The first-order valence-corrected chi connectivity index (χ1v) is 8.26. The van der Waals surface area contributed by atoms with Gasteiger partial charge in [0.1, 0.15) is 0 Å². The summed E-state index contributed by atoms with van der Waals surface area (Å²) in [7, 11) is 0. The molecule has 2 rings (SSSR count). The lowest BCUT2D eigenvalue weighted by molar-refractivity contribution is -0.0720. The Morgan fingerprint density at radius 2 is 2.30 bits per heavy atom. The number of nitrogens with zero attached hydrogens (tertiary/aromatic N) is 1. The lowest BCUT2D eigenvalue weighted by Crippen LogP contribution is -2.51. The second-order valence-electron chi connectivity index (χ2n) is 5.32. The average molecular weight is 362 g/mol. The number of nitrogens with two attached hydrogens (primary N) is 1. The van der Waals surface area contributed by atoms with Gasteiger partial charge < -0.3 is 10.5 Å². The van der Waals surface area contributed by atoms with Gasteiger partial charge in [-0.2, -0.15) is 0 Å². The lowest BCUT2D eigenvalue weighted by Gasteiger charge is -2.43. The van der Waals surface area contributed by atoms with Crippen molar-refractivity contribution in [2.75, 3.05) is 19.7 Å². The molecule has 1 fully saturated rings. The van der Waals surface area contributed by atoms with Crippen molar-refractivity contribution in [2.24, 2.45) is 5.73 Å². The summed E-state index contributed by atoms with van der Waals surface area (Å²) in [5.74, 6) is 0. The predicted octanol–water partition coefficient (Wildman–Crippen LogP) is 3.60. The van der Waals surface area contributed by atoms with Crippen molar-refractivity contribution < 1.29 is 4.74 Å². The molecule has 2 N–H and O–H groups in total. The smallest absolute Gasteiger partial charge is 0.0675 e. The third kappa shape index (κ3) is 3.55. The molecule has 20 heavy (non-hydrogen) atoms. The van der Waals surface area contributed by atoms with Crippen LogP contribution in [-0.2, 0) is 4.74 Å². The molecule has 1 aliphatic rings. The summed E-state index contributed by atoms with van der Waals surface area (Å²) in [4.78, 5) is 2.47. The van der Waals surface area contributed by atoms with Crippen LogP contribution in [0.15, 0.2) is 22.7 Å². The number of hydrogen-bond acceptors (Lipinski definition) is 3. The topological polar surface area (TPSA) is 38.5 Å². The van der Waals surface area contributed by atoms with Crippen LogP contribution in [0, 0.1) is 0 Å². The zero-order valence-corrected chi connectivity index (χ0v) is 14.3. The Morgan fingerprint density at radius 1 is 1.55 bits per heavy atom. The molecule has 1 saturated heterocycles. The standard InChI is InChI=1S/C15H22BrClN2O/c1-3-12-9-20-10(2)8-19(12)15(7-18)13-5-4-11(17)6-14(13)16/h4-6,10,12,15H,3,7-9,18H2,1-2H3. The molecule has 112 valence electrons. The molecule has 5 heteroatoms. The van der Waals surface area contributed by atoms with Crippen LogP contribution in [0.1, 0.15) is 31.9 Å². The van der Waals surface area contributed by atoms with E-state index >= 15 is 0 Å². The van der Waals surface area contributed by atoms with Crippen LogP contribution in [0.5, 0.6) is 0 Å². The Bertz CT molecular complexity index is 457. The van der Waals surface area contributed by atoms with Gasteiger partial charge in [-0.25, -0.2) is 0 Å². The maximum absolute atomic E-state index is 6.07. The Balaban J connectivity index is 2.29. The van der Waals surface area contributed by atoms with Gasteiger partial charge >= 0.3 is 0 Å². The first-order valence-electron chi connectivity index (χ1n) is 7.09. The number of hydrogen-bond donors (Lipinski definition) is 1. The molecule has 1 heterocycles. The SMILES string of the molecule is CCC1COC(C)CN1C(CN)c1ccc(Cl)cc1Br. The Kier molecular flexibility index (Phi) is 5.87. The Hall–Kier alpha value is -0.130. The molecular weight excluding hydrogens is 340 g/mol. The molecule has 3 atom stereocenters. The summed E-state index contributed by atoms with van der Waals surface area (Å²) in [6.45, 7) is 6.59. The molecule has 0 amide bonds. The highest BCUT2D eigenvalue weighted by Gasteiger charge is 2.32. The molecule has 0 spiro atoms. The van der Waals surface area contributed by atoms with Crippen LogP contribution < -0.4 is 5.73 Å². The summed E-state index contributed by atoms with van der Waals surface area (Å²) < 4.78 is 6.80. The van der Waals surface area contributed by atoms with Gasteiger partial charge in [-0.3, -0.25) is 4.90 Å². The van der Waals surface area contributed by atoms with E-state index in [1.54, 1.807) is 0 Å². The van der Waals surface area contributed by atoms with Crippen molar-refractivity contribution in [3.05, 3.63) is 33.3 Å². The van der Waals surface area contributed by atoms with Crippen LogP contribution in [0.4, 0.5) is 0 Å². The van der Waals surface area contributed by atoms with Gasteiger partial charge in [-0.15, -0.1) is 0 Å². The van der Waals surface area contributed by atoms with E-state index in [0.29, 0.717) is 12.6 Å². The molecule has 1 aromatic carbocycles. The molecular formula is C15H22BrClN2O. The van der Waals surface area contributed by atoms with Crippen molar-refractivity contribution in [2.45, 2.75) is 38.5 Å². The molecule has 0 radical (unpaired) electrons. The van der Waals surface area contributed by atoms with E-state index in [-0.39, 0.29) is 12.1 Å². The zero-order chi connectivity index (χ0) is 14.7. The van der Waals surface area contributed by atoms with Crippen LogP contribution >= 0.6 is 27.5 Å². The van der Waals surface area contributed by atoms with E-state index in [0.717, 1.165) is 29.1 Å².